The highest BCUT2D eigenvalue weighted by atomic mass is 16.7. The summed E-state index contributed by atoms with van der Waals surface area (Å²) in [7, 11) is 0. The molecule has 11 N–H and O–H groups in total. The molecule has 15 nitrogen and oxygen atoms in total. The second-order valence-corrected chi connectivity index (χ2v) is 20.5. The molecule has 0 amide bonds. The van der Waals surface area contributed by atoms with Gasteiger partial charge in [0.25, 0.3) is 0 Å². The van der Waals surface area contributed by atoms with Gasteiger partial charge in [-0.15, -0.1) is 0 Å². The Morgan fingerprint density at radius 2 is 1.33 bits per heavy atom. The van der Waals surface area contributed by atoms with Gasteiger partial charge >= 0.3 is 0 Å². The summed E-state index contributed by atoms with van der Waals surface area (Å²) in [6.07, 6.45) is -9.58. The molecule has 0 aromatic rings. The highest BCUT2D eigenvalue weighted by molar-refractivity contribution is 5.32. The summed E-state index contributed by atoms with van der Waals surface area (Å²) in [4.78, 5) is 0. The summed E-state index contributed by atoms with van der Waals surface area (Å²) in [5.74, 6) is -0.0539. The first kappa shape index (κ1) is 45.7. The first-order chi connectivity index (χ1) is 26.3. The summed E-state index contributed by atoms with van der Waals surface area (Å²) >= 11 is 0. The molecule has 2 heterocycles. The highest BCUT2D eigenvalue weighted by Gasteiger charge is 2.71. The molecule has 57 heavy (non-hydrogen) atoms. The van der Waals surface area contributed by atoms with E-state index in [4.69, 9.17) is 18.9 Å². The lowest BCUT2D eigenvalue weighted by molar-refractivity contribution is -0.331. The summed E-state index contributed by atoms with van der Waals surface area (Å²) in [5.41, 5.74) is -3.05. The highest BCUT2D eigenvalue weighted by Crippen LogP contribution is 2.75. The topological polar surface area (TPSA) is 259 Å². The zero-order valence-corrected chi connectivity index (χ0v) is 34.9. The van der Waals surface area contributed by atoms with Crippen LogP contribution >= 0.6 is 0 Å². The molecule has 6 rings (SSSR count). The lowest BCUT2D eigenvalue weighted by atomic mass is 9.38. The van der Waals surface area contributed by atoms with Crippen molar-refractivity contribution in [3.05, 3.63) is 11.6 Å². The summed E-state index contributed by atoms with van der Waals surface area (Å²) < 4.78 is 23.6. The molecule has 2 aliphatic heterocycles. The SMILES string of the molecule is CC(O)(CCC(O)C(C)(C)OC1OC(CO)C(O)C(O)C1O)C1CCC2(C)C3CC=C4C(CCC(OC5OC(CO)C(O)C(O)C5O)C4(C)C)C3(C)C(O)CC12C. The van der Waals surface area contributed by atoms with E-state index in [1.165, 1.54) is 5.57 Å². The van der Waals surface area contributed by atoms with Crippen LogP contribution in [0.3, 0.4) is 0 Å². The van der Waals surface area contributed by atoms with Gasteiger partial charge in [0.05, 0.1) is 42.7 Å². The van der Waals surface area contributed by atoms with Crippen molar-refractivity contribution in [2.75, 3.05) is 13.2 Å². The van der Waals surface area contributed by atoms with Crippen molar-refractivity contribution in [1.82, 2.24) is 0 Å². The lowest BCUT2D eigenvalue weighted by Gasteiger charge is -2.68. The zero-order chi connectivity index (χ0) is 42.4. The molecule has 20 atom stereocenters. The molecule has 330 valence electrons. The smallest absolute Gasteiger partial charge is 0.187 e. The molecule has 4 aliphatic carbocycles. The minimum absolute atomic E-state index is 0.0397. The van der Waals surface area contributed by atoms with Gasteiger partial charge in [0, 0.05) is 10.8 Å². The van der Waals surface area contributed by atoms with Crippen molar-refractivity contribution in [1.29, 1.82) is 0 Å². The molecule has 15 heteroatoms. The van der Waals surface area contributed by atoms with Crippen molar-refractivity contribution >= 4 is 0 Å². The van der Waals surface area contributed by atoms with Gasteiger partial charge in [-0.05, 0) is 101 Å². The first-order valence-corrected chi connectivity index (χ1v) is 21.1. The van der Waals surface area contributed by atoms with Crippen molar-refractivity contribution in [3.8, 4) is 0 Å². The van der Waals surface area contributed by atoms with E-state index >= 15 is 0 Å². The van der Waals surface area contributed by atoms with Gasteiger partial charge in [0.15, 0.2) is 12.6 Å². The minimum Gasteiger partial charge on any atom is -0.394 e. The second kappa shape index (κ2) is 15.8. The Labute approximate surface area is 336 Å². The third-order valence-electron chi connectivity index (χ3n) is 16.7. The van der Waals surface area contributed by atoms with Gasteiger partial charge in [0.1, 0.15) is 48.8 Å². The van der Waals surface area contributed by atoms with Gasteiger partial charge in [-0.3, -0.25) is 0 Å². The number of hydrogen-bond donors (Lipinski definition) is 11. The third-order valence-corrected chi connectivity index (χ3v) is 16.7. The van der Waals surface area contributed by atoms with Crippen LogP contribution in [0.5, 0.6) is 0 Å². The quantitative estimate of drug-likeness (QED) is 0.125. The summed E-state index contributed by atoms with van der Waals surface area (Å²) in [5, 5.41) is 118. The molecule has 20 unspecified atom stereocenters. The molecule has 5 fully saturated rings. The van der Waals surface area contributed by atoms with E-state index in [1.54, 1.807) is 13.8 Å². The van der Waals surface area contributed by atoms with Crippen molar-refractivity contribution < 1.29 is 75.1 Å². The summed E-state index contributed by atoms with van der Waals surface area (Å²) in [6, 6.07) is 0. The molecule has 0 aromatic carbocycles. The van der Waals surface area contributed by atoms with Gasteiger partial charge in [-0.1, -0.05) is 46.3 Å². The van der Waals surface area contributed by atoms with E-state index in [-0.39, 0.29) is 36.0 Å². The van der Waals surface area contributed by atoms with Crippen LogP contribution in [0, 0.1) is 39.4 Å². The van der Waals surface area contributed by atoms with Crippen LogP contribution in [-0.4, -0.2) is 160 Å². The van der Waals surface area contributed by atoms with Gasteiger partial charge in [-0.25, -0.2) is 0 Å². The average Bonchev–Trinajstić information content (AvgIpc) is 3.42. The van der Waals surface area contributed by atoms with E-state index in [0.29, 0.717) is 19.3 Å². The second-order valence-electron chi connectivity index (χ2n) is 20.5. The van der Waals surface area contributed by atoms with Crippen LogP contribution in [-0.2, 0) is 18.9 Å². The van der Waals surface area contributed by atoms with Crippen LogP contribution < -0.4 is 0 Å². The molecule has 3 saturated carbocycles. The van der Waals surface area contributed by atoms with Crippen LogP contribution in [0.25, 0.3) is 0 Å². The third kappa shape index (κ3) is 7.29. The standard InChI is InChI=1S/C42H72O15/c1-37(2)20-9-11-25-39(5)15-13-24(41(7,53)16-14-26(45)38(3,4)57-36-34(52)32(50)30(48)23(19-44)55-36)40(39,6)17-27(46)42(25,8)21(20)10-12-28(37)56-35-33(51)31(49)29(47)22(18-43)54-35/h9,21-36,43-53H,10-19H2,1-8H3. The van der Waals surface area contributed by atoms with Crippen molar-refractivity contribution in [3.63, 3.8) is 0 Å². The fourth-order valence-electron chi connectivity index (χ4n) is 12.8. The average molecular weight is 817 g/mol. The molecule has 0 radical (unpaired) electrons. The number of rotatable bonds is 11. The molecule has 2 saturated heterocycles. The molecular weight excluding hydrogens is 744 g/mol. The molecule has 0 aromatic heterocycles. The van der Waals surface area contributed by atoms with Crippen LogP contribution in [0.15, 0.2) is 11.6 Å². The van der Waals surface area contributed by atoms with E-state index in [0.717, 1.165) is 19.3 Å². The zero-order valence-electron chi connectivity index (χ0n) is 34.9. The largest absolute Gasteiger partial charge is 0.394 e. The number of fused-ring (bicyclic) bond motifs is 5. The van der Waals surface area contributed by atoms with E-state index < -0.39 is 120 Å². The van der Waals surface area contributed by atoms with Crippen LogP contribution in [0.1, 0.15) is 107 Å². The maximum atomic E-state index is 12.4. The Bertz CT molecular complexity index is 1450. The predicted octanol–water partition coefficient (Wildman–Crippen LogP) is 0.235. The normalized spacial score (nSPS) is 50.2. The number of ether oxygens (including phenoxy) is 4. The van der Waals surface area contributed by atoms with Crippen molar-refractivity contribution in [2.45, 2.75) is 198 Å². The lowest BCUT2D eigenvalue weighted by Crippen LogP contribution is -2.65. The van der Waals surface area contributed by atoms with Gasteiger partial charge in [-0.2, -0.15) is 0 Å². The predicted molar refractivity (Wildman–Crippen MR) is 204 cm³/mol. The van der Waals surface area contributed by atoms with E-state index in [2.05, 4.69) is 40.7 Å². The Morgan fingerprint density at radius 1 is 0.772 bits per heavy atom. The minimum atomic E-state index is -1.62. The summed E-state index contributed by atoms with van der Waals surface area (Å²) in [6.45, 7) is 14.8. The number of aliphatic hydroxyl groups excluding tert-OH is 10. The number of allylic oxidation sites excluding steroid dienone is 1. The van der Waals surface area contributed by atoms with Gasteiger partial charge in [0.2, 0.25) is 0 Å². The van der Waals surface area contributed by atoms with Gasteiger partial charge < -0.3 is 75.1 Å². The Balaban J connectivity index is 1.16. The Kier molecular flexibility index (Phi) is 12.7. The molecule has 6 aliphatic rings. The number of aliphatic hydroxyl groups is 11. The van der Waals surface area contributed by atoms with Crippen LogP contribution in [0.2, 0.25) is 0 Å². The molecular formula is C42H72O15. The number of hydrogen-bond acceptors (Lipinski definition) is 15. The van der Waals surface area contributed by atoms with E-state index in [1.807, 2.05) is 6.92 Å². The fourth-order valence-corrected chi connectivity index (χ4v) is 12.8. The molecule has 0 bridgehead atoms. The van der Waals surface area contributed by atoms with E-state index in [9.17, 15) is 56.2 Å². The van der Waals surface area contributed by atoms with Crippen molar-refractivity contribution in [2.24, 2.45) is 39.4 Å². The first-order valence-electron chi connectivity index (χ1n) is 21.1. The Hall–Kier alpha value is -0.860. The monoisotopic (exact) mass is 816 g/mol. The Morgan fingerprint density at radius 3 is 1.91 bits per heavy atom. The maximum absolute atomic E-state index is 12.4. The fraction of sp³-hybridized carbons (Fsp3) is 0.952. The molecule has 0 spiro atoms. The maximum Gasteiger partial charge on any atom is 0.187 e. The van der Waals surface area contributed by atoms with Crippen LogP contribution in [0.4, 0.5) is 0 Å².